The summed E-state index contributed by atoms with van der Waals surface area (Å²) in [4.78, 5) is 4.83. The van der Waals surface area contributed by atoms with Crippen molar-refractivity contribution < 1.29 is 8.42 Å². The Morgan fingerprint density at radius 1 is 1.14 bits per heavy atom. The van der Waals surface area contributed by atoms with Crippen molar-refractivity contribution >= 4 is 32.0 Å². The molecule has 3 rings (SSSR count). The van der Waals surface area contributed by atoms with Crippen LogP contribution < -0.4 is 4.72 Å². The summed E-state index contributed by atoms with van der Waals surface area (Å²) in [6.45, 7) is 5.43. The van der Waals surface area contributed by atoms with E-state index in [0.717, 1.165) is 10.6 Å². The van der Waals surface area contributed by atoms with Crippen molar-refractivity contribution in [2.45, 2.75) is 25.8 Å². The average Bonchev–Trinajstić information content (AvgIpc) is 2.86. The second-order valence-electron chi connectivity index (χ2n) is 4.79. The van der Waals surface area contributed by atoms with E-state index in [1.807, 2.05) is 26.0 Å². The SMILES string of the molecule is Cc1ccc(NS(=O)(=O)c2c(C)nc3sc(C)nn23)cc1. The molecule has 2 aromatic heterocycles. The van der Waals surface area contributed by atoms with Crippen molar-refractivity contribution in [3.63, 3.8) is 0 Å². The molecule has 0 amide bonds. The van der Waals surface area contributed by atoms with Gasteiger partial charge in [-0.2, -0.15) is 18.0 Å². The van der Waals surface area contributed by atoms with Gasteiger partial charge in [-0.3, -0.25) is 4.72 Å². The number of hydrogen-bond donors (Lipinski definition) is 1. The third kappa shape index (κ3) is 2.52. The fraction of sp³-hybridized carbons (Fsp3) is 0.231. The van der Waals surface area contributed by atoms with Crippen LogP contribution in [-0.2, 0) is 10.0 Å². The Hall–Kier alpha value is -1.93. The van der Waals surface area contributed by atoms with Crippen LogP contribution in [0.3, 0.4) is 0 Å². The molecule has 0 atom stereocenters. The zero-order valence-electron chi connectivity index (χ0n) is 11.8. The number of nitrogens with one attached hydrogen (secondary N) is 1. The molecule has 0 aliphatic carbocycles. The fourth-order valence-corrected chi connectivity index (χ4v) is 4.24. The predicted octanol–water partition coefficient (Wildman–Crippen LogP) is 2.52. The zero-order chi connectivity index (χ0) is 15.2. The van der Waals surface area contributed by atoms with Crippen LogP contribution in [0.5, 0.6) is 0 Å². The first kappa shape index (κ1) is 14.0. The highest BCUT2D eigenvalue weighted by Crippen LogP contribution is 2.23. The molecule has 0 saturated heterocycles. The van der Waals surface area contributed by atoms with Crippen molar-refractivity contribution in [2.24, 2.45) is 0 Å². The summed E-state index contributed by atoms with van der Waals surface area (Å²) in [5.74, 6) is 0. The zero-order valence-corrected chi connectivity index (χ0v) is 13.4. The normalized spacial score (nSPS) is 12.0. The maximum Gasteiger partial charge on any atom is 0.281 e. The van der Waals surface area contributed by atoms with Gasteiger partial charge in [-0.25, -0.2) is 4.98 Å². The lowest BCUT2D eigenvalue weighted by Gasteiger charge is -2.07. The van der Waals surface area contributed by atoms with Crippen molar-refractivity contribution in [3.05, 3.63) is 40.5 Å². The van der Waals surface area contributed by atoms with Gasteiger partial charge in [0.25, 0.3) is 10.0 Å². The minimum absolute atomic E-state index is 0.0856. The summed E-state index contributed by atoms with van der Waals surface area (Å²) in [5, 5.41) is 5.06. The van der Waals surface area contributed by atoms with Crippen LogP contribution >= 0.6 is 11.3 Å². The highest BCUT2D eigenvalue weighted by Gasteiger charge is 2.25. The Morgan fingerprint density at radius 3 is 2.48 bits per heavy atom. The maximum atomic E-state index is 12.6. The van der Waals surface area contributed by atoms with Crippen molar-refractivity contribution in [1.82, 2.24) is 14.6 Å². The molecule has 0 fully saturated rings. The van der Waals surface area contributed by atoms with Gasteiger partial charge in [-0.15, -0.1) is 0 Å². The van der Waals surface area contributed by atoms with Gasteiger partial charge < -0.3 is 0 Å². The summed E-state index contributed by atoms with van der Waals surface area (Å²) < 4.78 is 29.1. The number of benzene rings is 1. The van der Waals surface area contributed by atoms with Gasteiger partial charge in [0.15, 0.2) is 0 Å². The van der Waals surface area contributed by atoms with E-state index >= 15 is 0 Å². The molecule has 2 heterocycles. The summed E-state index contributed by atoms with van der Waals surface area (Å²) >= 11 is 1.36. The fourth-order valence-electron chi connectivity index (χ4n) is 2.06. The molecular formula is C13H14N4O2S2. The Balaban J connectivity index is 2.07. The molecule has 110 valence electrons. The number of aromatic nitrogens is 3. The number of hydrogen-bond acceptors (Lipinski definition) is 5. The van der Waals surface area contributed by atoms with Gasteiger partial charge in [0.1, 0.15) is 5.01 Å². The second-order valence-corrected chi connectivity index (χ2v) is 7.55. The van der Waals surface area contributed by atoms with E-state index in [1.165, 1.54) is 15.9 Å². The quantitative estimate of drug-likeness (QED) is 0.804. The van der Waals surface area contributed by atoms with E-state index in [9.17, 15) is 8.42 Å². The second kappa shape index (κ2) is 4.81. The van der Waals surface area contributed by atoms with Crippen LogP contribution in [-0.4, -0.2) is 23.0 Å². The van der Waals surface area contributed by atoms with Gasteiger partial charge in [0, 0.05) is 5.69 Å². The van der Waals surface area contributed by atoms with Crippen molar-refractivity contribution in [2.75, 3.05) is 4.72 Å². The molecule has 3 aromatic rings. The van der Waals surface area contributed by atoms with E-state index in [4.69, 9.17) is 0 Å². The lowest BCUT2D eigenvalue weighted by Crippen LogP contribution is -2.16. The topological polar surface area (TPSA) is 76.4 Å². The maximum absolute atomic E-state index is 12.6. The minimum atomic E-state index is -3.73. The van der Waals surface area contributed by atoms with Gasteiger partial charge >= 0.3 is 0 Å². The van der Waals surface area contributed by atoms with Gasteiger partial charge in [0.05, 0.1) is 5.69 Å². The van der Waals surface area contributed by atoms with Gasteiger partial charge in [-0.1, -0.05) is 29.0 Å². The Morgan fingerprint density at radius 2 is 1.81 bits per heavy atom. The molecule has 0 aliphatic heterocycles. The molecule has 21 heavy (non-hydrogen) atoms. The van der Waals surface area contributed by atoms with Gasteiger partial charge in [-0.05, 0) is 32.9 Å². The minimum Gasteiger partial charge on any atom is -0.278 e. The first-order valence-corrected chi connectivity index (χ1v) is 8.59. The van der Waals surface area contributed by atoms with Crippen LogP contribution in [0.25, 0.3) is 4.96 Å². The van der Waals surface area contributed by atoms with Crippen molar-refractivity contribution in [3.8, 4) is 0 Å². The lowest BCUT2D eigenvalue weighted by molar-refractivity contribution is 0.592. The summed E-state index contributed by atoms with van der Waals surface area (Å²) in [6.07, 6.45) is 0. The number of aryl methyl sites for hydroxylation is 3. The van der Waals surface area contributed by atoms with Crippen LogP contribution in [0.1, 0.15) is 16.3 Å². The number of fused-ring (bicyclic) bond motifs is 1. The molecule has 0 unspecified atom stereocenters. The first-order chi connectivity index (χ1) is 9.87. The van der Waals surface area contributed by atoms with Gasteiger partial charge in [0.2, 0.25) is 9.99 Å². The number of sulfonamides is 1. The summed E-state index contributed by atoms with van der Waals surface area (Å²) in [6, 6.07) is 7.16. The Kier molecular flexibility index (Phi) is 3.22. The molecule has 0 bridgehead atoms. The summed E-state index contributed by atoms with van der Waals surface area (Å²) in [5.41, 5.74) is 2.02. The van der Waals surface area contributed by atoms with E-state index < -0.39 is 10.0 Å². The lowest BCUT2D eigenvalue weighted by atomic mass is 10.2. The monoisotopic (exact) mass is 322 g/mol. The molecule has 1 N–H and O–H groups in total. The van der Waals surface area contributed by atoms with Crippen LogP contribution in [0, 0.1) is 20.8 Å². The standard InChI is InChI=1S/C13H14N4O2S2/c1-8-4-6-11(7-5-8)16-21(18,19)12-9(2)14-13-17(12)15-10(3)20-13/h4-7,16H,1-3H3. The molecule has 6 nitrogen and oxygen atoms in total. The molecule has 0 radical (unpaired) electrons. The smallest absolute Gasteiger partial charge is 0.278 e. The molecule has 1 aromatic carbocycles. The average molecular weight is 322 g/mol. The van der Waals surface area contributed by atoms with E-state index in [0.29, 0.717) is 16.3 Å². The van der Waals surface area contributed by atoms with Crippen molar-refractivity contribution in [1.29, 1.82) is 0 Å². The molecular weight excluding hydrogens is 308 g/mol. The highest BCUT2D eigenvalue weighted by molar-refractivity contribution is 7.92. The largest absolute Gasteiger partial charge is 0.281 e. The molecule has 0 spiro atoms. The summed E-state index contributed by atoms with van der Waals surface area (Å²) in [7, 11) is -3.73. The molecule has 0 aliphatic rings. The van der Waals surface area contributed by atoms with E-state index in [-0.39, 0.29) is 5.03 Å². The highest BCUT2D eigenvalue weighted by atomic mass is 32.2. The van der Waals surface area contributed by atoms with E-state index in [1.54, 1.807) is 19.1 Å². The third-order valence-corrected chi connectivity index (χ3v) is 5.29. The number of anilines is 1. The molecule has 0 saturated carbocycles. The van der Waals surface area contributed by atoms with Crippen LogP contribution in [0.4, 0.5) is 5.69 Å². The first-order valence-electron chi connectivity index (χ1n) is 6.29. The Bertz CT molecular complexity index is 908. The number of rotatable bonds is 3. The van der Waals surface area contributed by atoms with Crippen LogP contribution in [0.15, 0.2) is 29.3 Å². The Labute approximate surface area is 126 Å². The molecule has 8 heteroatoms. The number of imidazole rings is 1. The number of nitrogens with zero attached hydrogens (tertiary/aromatic N) is 3. The van der Waals surface area contributed by atoms with Crippen LogP contribution in [0.2, 0.25) is 0 Å². The van der Waals surface area contributed by atoms with E-state index in [2.05, 4.69) is 14.8 Å². The predicted molar refractivity (Wildman–Crippen MR) is 82.3 cm³/mol. The third-order valence-electron chi connectivity index (χ3n) is 2.98.